The van der Waals surface area contributed by atoms with Crippen LogP contribution in [0.4, 0.5) is 11.4 Å². The van der Waals surface area contributed by atoms with Gasteiger partial charge in [-0.2, -0.15) is 0 Å². The first-order valence-corrected chi connectivity index (χ1v) is 6.42. The number of pyridine rings is 1. The SMILES string of the molecule is CC(O)CCN(C)c1ccc([N+](=O)[O-])c2ncccc12. The number of rotatable bonds is 5. The van der Waals surface area contributed by atoms with E-state index in [1.165, 1.54) is 6.07 Å². The third-order valence-corrected chi connectivity index (χ3v) is 3.22. The number of hydrogen-bond acceptors (Lipinski definition) is 5. The van der Waals surface area contributed by atoms with Gasteiger partial charge in [-0.15, -0.1) is 0 Å². The monoisotopic (exact) mass is 275 g/mol. The number of aromatic nitrogens is 1. The molecule has 0 spiro atoms. The topological polar surface area (TPSA) is 79.5 Å². The summed E-state index contributed by atoms with van der Waals surface area (Å²) in [5.41, 5.74) is 1.27. The normalized spacial score (nSPS) is 12.3. The summed E-state index contributed by atoms with van der Waals surface area (Å²) in [7, 11) is 1.90. The van der Waals surface area contributed by atoms with Gasteiger partial charge in [0.2, 0.25) is 0 Å². The Labute approximate surface area is 116 Å². The number of nitro groups is 1. The van der Waals surface area contributed by atoms with Crippen LogP contribution in [0.3, 0.4) is 0 Å². The lowest BCUT2D eigenvalue weighted by atomic mass is 10.1. The zero-order valence-electron chi connectivity index (χ0n) is 11.5. The number of hydrogen-bond donors (Lipinski definition) is 1. The first kappa shape index (κ1) is 14.2. The predicted octanol–water partition coefficient (Wildman–Crippen LogP) is 2.35. The van der Waals surface area contributed by atoms with Crippen molar-refractivity contribution in [3.8, 4) is 0 Å². The van der Waals surface area contributed by atoms with Gasteiger partial charge in [-0.25, -0.2) is 4.98 Å². The fraction of sp³-hybridized carbons (Fsp3) is 0.357. The molecule has 0 aliphatic heterocycles. The molecule has 6 heteroatoms. The van der Waals surface area contributed by atoms with E-state index >= 15 is 0 Å². The van der Waals surface area contributed by atoms with Gasteiger partial charge in [0.15, 0.2) is 0 Å². The number of benzene rings is 1. The molecule has 1 N–H and O–H groups in total. The Morgan fingerprint density at radius 3 is 2.85 bits per heavy atom. The molecule has 0 saturated carbocycles. The van der Waals surface area contributed by atoms with Crippen LogP contribution >= 0.6 is 0 Å². The van der Waals surface area contributed by atoms with Crippen molar-refractivity contribution in [2.24, 2.45) is 0 Å². The van der Waals surface area contributed by atoms with Crippen molar-refractivity contribution in [3.63, 3.8) is 0 Å². The van der Waals surface area contributed by atoms with Gasteiger partial charge in [0, 0.05) is 36.9 Å². The molecule has 1 unspecified atom stereocenters. The molecule has 2 aromatic rings. The Bertz CT molecular complexity index is 628. The smallest absolute Gasteiger partial charge is 0.295 e. The van der Waals surface area contributed by atoms with Crippen LogP contribution in [-0.4, -0.2) is 34.7 Å². The van der Waals surface area contributed by atoms with Crippen molar-refractivity contribution < 1.29 is 10.0 Å². The second-order valence-corrected chi connectivity index (χ2v) is 4.82. The number of aliphatic hydroxyl groups is 1. The molecule has 0 amide bonds. The van der Waals surface area contributed by atoms with Gasteiger partial charge in [-0.1, -0.05) is 0 Å². The summed E-state index contributed by atoms with van der Waals surface area (Å²) in [6, 6.07) is 6.79. The van der Waals surface area contributed by atoms with E-state index in [-0.39, 0.29) is 11.8 Å². The fourth-order valence-corrected chi connectivity index (χ4v) is 2.12. The minimum absolute atomic E-state index is 0.00766. The molecule has 0 fully saturated rings. The summed E-state index contributed by atoms with van der Waals surface area (Å²) in [6.45, 7) is 2.41. The minimum atomic E-state index is -0.422. The van der Waals surface area contributed by atoms with Crippen LogP contribution in [0, 0.1) is 10.1 Å². The molecular weight excluding hydrogens is 258 g/mol. The summed E-state index contributed by atoms with van der Waals surface area (Å²) in [4.78, 5) is 16.7. The van der Waals surface area contributed by atoms with Gasteiger partial charge in [0.05, 0.1) is 11.0 Å². The molecular formula is C14H17N3O3. The quantitative estimate of drug-likeness (QED) is 0.669. The Morgan fingerprint density at radius 1 is 1.45 bits per heavy atom. The van der Waals surface area contributed by atoms with E-state index in [2.05, 4.69) is 4.98 Å². The first-order chi connectivity index (χ1) is 9.50. The van der Waals surface area contributed by atoms with Gasteiger partial charge in [-0.3, -0.25) is 10.1 Å². The molecule has 1 atom stereocenters. The van der Waals surface area contributed by atoms with Gasteiger partial charge < -0.3 is 10.0 Å². The standard InChI is InChI=1S/C14H17N3O3/c1-10(18)7-9-16(2)12-5-6-13(17(19)20)14-11(12)4-3-8-15-14/h3-6,8,10,18H,7,9H2,1-2H3. The fourth-order valence-electron chi connectivity index (χ4n) is 2.12. The summed E-state index contributed by atoms with van der Waals surface area (Å²) in [5, 5.41) is 21.1. The highest BCUT2D eigenvalue weighted by Crippen LogP contribution is 2.31. The second-order valence-electron chi connectivity index (χ2n) is 4.82. The zero-order chi connectivity index (χ0) is 14.7. The summed E-state index contributed by atoms with van der Waals surface area (Å²) in [6.07, 6.45) is 1.81. The maximum Gasteiger partial charge on any atom is 0.295 e. The van der Waals surface area contributed by atoms with E-state index in [0.29, 0.717) is 18.5 Å². The number of non-ortho nitro benzene ring substituents is 1. The van der Waals surface area contributed by atoms with Gasteiger partial charge in [-0.05, 0) is 31.5 Å². The summed E-state index contributed by atoms with van der Waals surface area (Å²) >= 11 is 0. The van der Waals surface area contributed by atoms with E-state index in [0.717, 1.165) is 11.1 Å². The van der Waals surface area contributed by atoms with Gasteiger partial charge in [0.1, 0.15) is 5.52 Å². The molecule has 2 rings (SSSR count). The molecule has 1 aromatic carbocycles. The molecule has 0 aliphatic carbocycles. The maximum absolute atomic E-state index is 11.0. The second kappa shape index (κ2) is 5.83. The van der Waals surface area contributed by atoms with E-state index in [1.54, 1.807) is 25.3 Å². The zero-order valence-corrected chi connectivity index (χ0v) is 11.5. The van der Waals surface area contributed by atoms with E-state index in [4.69, 9.17) is 0 Å². The number of anilines is 1. The molecule has 0 bridgehead atoms. The van der Waals surface area contributed by atoms with Gasteiger partial charge >= 0.3 is 0 Å². The van der Waals surface area contributed by atoms with Crippen LogP contribution in [0.15, 0.2) is 30.5 Å². The molecule has 0 aliphatic rings. The Morgan fingerprint density at radius 2 is 2.20 bits per heavy atom. The number of nitrogens with zero attached hydrogens (tertiary/aromatic N) is 3. The molecule has 0 saturated heterocycles. The van der Waals surface area contributed by atoms with Crippen LogP contribution in [0.25, 0.3) is 10.9 Å². The van der Waals surface area contributed by atoms with Crippen molar-refractivity contribution in [2.75, 3.05) is 18.5 Å². The largest absolute Gasteiger partial charge is 0.393 e. The van der Waals surface area contributed by atoms with Crippen LogP contribution < -0.4 is 4.90 Å². The van der Waals surface area contributed by atoms with E-state index < -0.39 is 4.92 Å². The Kier molecular flexibility index (Phi) is 4.14. The highest BCUT2D eigenvalue weighted by Gasteiger charge is 2.17. The average Bonchev–Trinajstić information content (AvgIpc) is 2.43. The Hall–Kier alpha value is -2.21. The number of aliphatic hydroxyl groups excluding tert-OH is 1. The summed E-state index contributed by atoms with van der Waals surface area (Å²) in [5.74, 6) is 0. The van der Waals surface area contributed by atoms with Gasteiger partial charge in [0.25, 0.3) is 5.69 Å². The molecule has 0 radical (unpaired) electrons. The number of nitro benzene ring substituents is 1. The molecule has 1 aromatic heterocycles. The molecule has 106 valence electrons. The first-order valence-electron chi connectivity index (χ1n) is 6.42. The minimum Gasteiger partial charge on any atom is -0.393 e. The van der Waals surface area contributed by atoms with Crippen LogP contribution in [0.1, 0.15) is 13.3 Å². The number of fused-ring (bicyclic) bond motifs is 1. The lowest BCUT2D eigenvalue weighted by Crippen LogP contribution is -2.22. The Balaban J connectivity index is 2.45. The molecule has 20 heavy (non-hydrogen) atoms. The van der Waals surface area contributed by atoms with Crippen LogP contribution in [-0.2, 0) is 0 Å². The van der Waals surface area contributed by atoms with Crippen molar-refractivity contribution in [2.45, 2.75) is 19.4 Å². The lowest BCUT2D eigenvalue weighted by Gasteiger charge is -2.21. The predicted molar refractivity (Wildman–Crippen MR) is 78.0 cm³/mol. The average molecular weight is 275 g/mol. The maximum atomic E-state index is 11.0. The van der Waals surface area contributed by atoms with Crippen molar-refractivity contribution in [1.82, 2.24) is 4.98 Å². The van der Waals surface area contributed by atoms with E-state index in [1.807, 2.05) is 18.0 Å². The highest BCUT2D eigenvalue weighted by atomic mass is 16.6. The van der Waals surface area contributed by atoms with Crippen LogP contribution in [0.5, 0.6) is 0 Å². The highest BCUT2D eigenvalue weighted by molar-refractivity contribution is 5.97. The van der Waals surface area contributed by atoms with E-state index in [9.17, 15) is 15.2 Å². The molecule has 6 nitrogen and oxygen atoms in total. The van der Waals surface area contributed by atoms with Crippen molar-refractivity contribution in [1.29, 1.82) is 0 Å². The summed E-state index contributed by atoms with van der Waals surface area (Å²) < 4.78 is 0. The van der Waals surface area contributed by atoms with Crippen molar-refractivity contribution in [3.05, 3.63) is 40.6 Å². The third kappa shape index (κ3) is 2.85. The third-order valence-electron chi connectivity index (χ3n) is 3.22. The van der Waals surface area contributed by atoms with Crippen LogP contribution in [0.2, 0.25) is 0 Å². The lowest BCUT2D eigenvalue weighted by molar-refractivity contribution is -0.383. The van der Waals surface area contributed by atoms with Crippen molar-refractivity contribution >= 4 is 22.3 Å². The molecule has 1 heterocycles.